The van der Waals surface area contributed by atoms with Crippen LogP contribution >= 0.6 is 0 Å². The van der Waals surface area contributed by atoms with Gasteiger partial charge in [0, 0.05) is 0 Å². The third kappa shape index (κ3) is 2.62. The third-order valence-corrected chi connectivity index (χ3v) is 4.35. The largest absolute Gasteiger partial charge is 0.0999 e. The molecule has 0 heteroatoms. The highest BCUT2D eigenvalue weighted by molar-refractivity contribution is 5.04. The second-order valence-electron chi connectivity index (χ2n) is 5.73. The quantitative estimate of drug-likeness (QED) is 0.566. The molecule has 3 atom stereocenters. The predicted octanol–water partition coefficient (Wildman–Crippen LogP) is 4.81. The number of rotatable bonds is 3. The lowest BCUT2D eigenvalue weighted by Gasteiger charge is -2.42. The summed E-state index contributed by atoms with van der Waals surface area (Å²) in [6.07, 6.45) is 6.60. The molecule has 14 heavy (non-hydrogen) atoms. The third-order valence-electron chi connectivity index (χ3n) is 4.35. The molecule has 0 spiro atoms. The highest BCUT2D eigenvalue weighted by Gasteiger charge is 2.35. The molecular weight excluding hydrogens is 168 g/mol. The maximum atomic E-state index is 4.13. The highest BCUT2D eigenvalue weighted by Crippen LogP contribution is 2.46. The molecule has 3 unspecified atom stereocenters. The SMILES string of the molecule is C=C1CCC(C)(CC(C)CC)C(C)C1. The molecule has 0 saturated heterocycles. The van der Waals surface area contributed by atoms with E-state index in [1.807, 2.05) is 0 Å². The van der Waals surface area contributed by atoms with E-state index < -0.39 is 0 Å². The van der Waals surface area contributed by atoms with Gasteiger partial charge in [-0.05, 0) is 42.9 Å². The maximum absolute atomic E-state index is 4.13. The zero-order valence-electron chi connectivity index (χ0n) is 10.4. The summed E-state index contributed by atoms with van der Waals surface area (Å²) in [7, 11) is 0. The Labute approximate surface area is 89.8 Å². The van der Waals surface area contributed by atoms with E-state index in [-0.39, 0.29) is 0 Å². The first-order chi connectivity index (χ1) is 6.48. The molecule has 1 fully saturated rings. The van der Waals surface area contributed by atoms with Gasteiger partial charge in [0.15, 0.2) is 0 Å². The molecule has 0 heterocycles. The smallest absolute Gasteiger partial charge is 0.0292 e. The molecular formula is C14H26. The van der Waals surface area contributed by atoms with Crippen molar-refractivity contribution in [2.75, 3.05) is 0 Å². The van der Waals surface area contributed by atoms with Gasteiger partial charge in [-0.2, -0.15) is 0 Å². The molecule has 0 N–H and O–H groups in total. The van der Waals surface area contributed by atoms with Crippen LogP contribution in [0.2, 0.25) is 0 Å². The van der Waals surface area contributed by atoms with Crippen LogP contribution in [0.1, 0.15) is 59.8 Å². The zero-order chi connectivity index (χ0) is 10.8. The van der Waals surface area contributed by atoms with Gasteiger partial charge < -0.3 is 0 Å². The van der Waals surface area contributed by atoms with E-state index in [9.17, 15) is 0 Å². The van der Waals surface area contributed by atoms with Crippen LogP contribution < -0.4 is 0 Å². The fraction of sp³-hybridized carbons (Fsp3) is 0.857. The van der Waals surface area contributed by atoms with E-state index in [4.69, 9.17) is 0 Å². The van der Waals surface area contributed by atoms with Crippen LogP contribution in [0.4, 0.5) is 0 Å². The van der Waals surface area contributed by atoms with E-state index in [0.29, 0.717) is 5.41 Å². The zero-order valence-corrected chi connectivity index (χ0v) is 10.4. The van der Waals surface area contributed by atoms with Crippen LogP contribution in [0, 0.1) is 17.3 Å². The van der Waals surface area contributed by atoms with Crippen molar-refractivity contribution in [1.82, 2.24) is 0 Å². The molecule has 1 saturated carbocycles. The predicted molar refractivity (Wildman–Crippen MR) is 64.3 cm³/mol. The normalized spacial score (nSPS) is 35.7. The molecule has 0 bridgehead atoms. The van der Waals surface area contributed by atoms with Crippen LogP contribution in [0.3, 0.4) is 0 Å². The molecule has 0 aromatic rings. The maximum Gasteiger partial charge on any atom is -0.0292 e. The average Bonchev–Trinajstić information content (AvgIpc) is 2.12. The lowest BCUT2D eigenvalue weighted by atomic mass is 9.63. The van der Waals surface area contributed by atoms with Crippen molar-refractivity contribution in [3.05, 3.63) is 12.2 Å². The minimum Gasteiger partial charge on any atom is -0.0999 e. The summed E-state index contributed by atoms with van der Waals surface area (Å²) in [5.74, 6) is 1.71. The van der Waals surface area contributed by atoms with Crippen LogP contribution in [0.15, 0.2) is 12.2 Å². The molecule has 82 valence electrons. The molecule has 0 aromatic carbocycles. The van der Waals surface area contributed by atoms with Crippen molar-refractivity contribution in [3.8, 4) is 0 Å². The van der Waals surface area contributed by atoms with Gasteiger partial charge >= 0.3 is 0 Å². The standard InChI is InChI=1S/C14H26/c1-6-11(2)10-14(5)8-7-12(3)9-13(14)4/h11,13H,3,6-10H2,1-2,4-5H3. The molecule has 0 amide bonds. The van der Waals surface area contributed by atoms with Crippen molar-refractivity contribution in [1.29, 1.82) is 0 Å². The first kappa shape index (κ1) is 11.8. The first-order valence-electron chi connectivity index (χ1n) is 6.14. The van der Waals surface area contributed by atoms with Crippen LogP contribution in [0.5, 0.6) is 0 Å². The molecule has 0 aromatic heterocycles. The highest BCUT2D eigenvalue weighted by atomic mass is 14.4. The number of hydrogen-bond acceptors (Lipinski definition) is 0. The van der Waals surface area contributed by atoms with Crippen LogP contribution in [0.25, 0.3) is 0 Å². The van der Waals surface area contributed by atoms with Crippen LogP contribution in [-0.2, 0) is 0 Å². The fourth-order valence-corrected chi connectivity index (χ4v) is 2.73. The lowest BCUT2D eigenvalue weighted by Crippen LogP contribution is -2.31. The Morgan fingerprint density at radius 3 is 2.71 bits per heavy atom. The molecule has 1 aliphatic carbocycles. The van der Waals surface area contributed by atoms with Crippen molar-refractivity contribution in [2.45, 2.75) is 59.8 Å². The Hall–Kier alpha value is -0.260. The van der Waals surface area contributed by atoms with Gasteiger partial charge in [-0.1, -0.05) is 46.3 Å². The van der Waals surface area contributed by atoms with E-state index in [1.54, 1.807) is 0 Å². The summed E-state index contributed by atoms with van der Waals surface area (Å²) in [5, 5.41) is 0. The molecule has 0 radical (unpaired) electrons. The Bertz CT molecular complexity index is 204. The number of allylic oxidation sites excluding steroid dienone is 1. The summed E-state index contributed by atoms with van der Waals surface area (Å²) in [4.78, 5) is 0. The summed E-state index contributed by atoms with van der Waals surface area (Å²) < 4.78 is 0. The summed E-state index contributed by atoms with van der Waals surface area (Å²) >= 11 is 0. The van der Waals surface area contributed by atoms with Crippen LogP contribution in [-0.4, -0.2) is 0 Å². The van der Waals surface area contributed by atoms with E-state index in [1.165, 1.54) is 37.7 Å². The Balaban J connectivity index is 2.59. The van der Waals surface area contributed by atoms with E-state index in [2.05, 4.69) is 34.3 Å². The van der Waals surface area contributed by atoms with Gasteiger partial charge in [0.1, 0.15) is 0 Å². The van der Waals surface area contributed by atoms with Gasteiger partial charge in [-0.25, -0.2) is 0 Å². The average molecular weight is 194 g/mol. The topological polar surface area (TPSA) is 0 Å². The van der Waals surface area contributed by atoms with E-state index >= 15 is 0 Å². The Morgan fingerprint density at radius 2 is 2.21 bits per heavy atom. The minimum atomic E-state index is 0.580. The Morgan fingerprint density at radius 1 is 1.57 bits per heavy atom. The minimum absolute atomic E-state index is 0.580. The monoisotopic (exact) mass is 194 g/mol. The number of hydrogen-bond donors (Lipinski definition) is 0. The van der Waals surface area contributed by atoms with Gasteiger partial charge in [0.25, 0.3) is 0 Å². The molecule has 1 aliphatic rings. The Kier molecular flexibility index (Phi) is 3.80. The molecule has 0 aliphatic heterocycles. The summed E-state index contributed by atoms with van der Waals surface area (Å²) in [6, 6.07) is 0. The van der Waals surface area contributed by atoms with Gasteiger partial charge in [0.2, 0.25) is 0 Å². The van der Waals surface area contributed by atoms with Crippen molar-refractivity contribution in [2.24, 2.45) is 17.3 Å². The second kappa shape index (κ2) is 4.51. The van der Waals surface area contributed by atoms with E-state index in [0.717, 1.165) is 11.8 Å². The van der Waals surface area contributed by atoms with Gasteiger partial charge in [-0.3, -0.25) is 0 Å². The molecule has 0 nitrogen and oxygen atoms in total. The summed E-state index contributed by atoms with van der Waals surface area (Å²) in [5.41, 5.74) is 2.05. The first-order valence-corrected chi connectivity index (χ1v) is 6.14. The van der Waals surface area contributed by atoms with Gasteiger partial charge in [0.05, 0.1) is 0 Å². The second-order valence-corrected chi connectivity index (χ2v) is 5.73. The van der Waals surface area contributed by atoms with Crippen molar-refractivity contribution in [3.63, 3.8) is 0 Å². The van der Waals surface area contributed by atoms with Crippen molar-refractivity contribution < 1.29 is 0 Å². The fourth-order valence-electron chi connectivity index (χ4n) is 2.73. The lowest BCUT2D eigenvalue weighted by molar-refractivity contribution is 0.118. The summed E-state index contributed by atoms with van der Waals surface area (Å²) in [6.45, 7) is 13.7. The van der Waals surface area contributed by atoms with Gasteiger partial charge in [-0.15, -0.1) is 0 Å². The molecule has 1 rings (SSSR count). The van der Waals surface area contributed by atoms with Crippen molar-refractivity contribution >= 4 is 0 Å².